The van der Waals surface area contributed by atoms with Crippen LogP contribution in [0, 0.1) is 20.8 Å². The second-order valence-electron chi connectivity index (χ2n) is 6.14. The number of hydrogen-bond donors (Lipinski definition) is 1. The number of nitrogens with zero attached hydrogens (tertiary/aromatic N) is 1. The lowest BCUT2D eigenvalue weighted by Crippen LogP contribution is -2.12. The number of benzene rings is 2. The standard InChI is InChI=1S/C20H22N2O2S/c1-13-10-11-17-19(15(13)3)22-20(25-17)21-18(23)9-6-12-24-16-8-5-4-7-14(16)2/h4-5,7-8,10-11H,6,9,12H2,1-3H3,(H,21,22,23). The number of anilines is 1. The zero-order valence-corrected chi connectivity index (χ0v) is 15.6. The Bertz CT molecular complexity index is 902. The summed E-state index contributed by atoms with van der Waals surface area (Å²) in [7, 11) is 0. The van der Waals surface area contributed by atoms with Gasteiger partial charge in [0.15, 0.2) is 5.13 Å². The Morgan fingerprint density at radius 2 is 1.92 bits per heavy atom. The van der Waals surface area contributed by atoms with Gasteiger partial charge in [-0.15, -0.1) is 0 Å². The smallest absolute Gasteiger partial charge is 0.226 e. The third kappa shape index (κ3) is 4.17. The van der Waals surface area contributed by atoms with Crippen LogP contribution in [0.4, 0.5) is 5.13 Å². The molecule has 0 spiro atoms. The molecule has 4 nitrogen and oxygen atoms in total. The predicted octanol–water partition coefficient (Wildman–Crippen LogP) is 5.02. The molecule has 25 heavy (non-hydrogen) atoms. The molecule has 0 unspecified atom stereocenters. The van der Waals surface area contributed by atoms with Gasteiger partial charge >= 0.3 is 0 Å². The lowest BCUT2D eigenvalue weighted by molar-refractivity contribution is -0.116. The predicted molar refractivity (Wildman–Crippen MR) is 104 cm³/mol. The summed E-state index contributed by atoms with van der Waals surface area (Å²) in [5.41, 5.74) is 4.46. The van der Waals surface area contributed by atoms with E-state index in [4.69, 9.17) is 4.74 Å². The van der Waals surface area contributed by atoms with Gasteiger partial charge in [-0.25, -0.2) is 4.98 Å². The number of rotatable bonds is 6. The summed E-state index contributed by atoms with van der Waals surface area (Å²) in [6, 6.07) is 12.0. The van der Waals surface area contributed by atoms with Crippen molar-refractivity contribution >= 4 is 32.6 Å². The van der Waals surface area contributed by atoms with Crippen LogP contribution in [0.15, 0.2) is 36.4 Å². The molecule has 3 aromatic rings. The molecule has 1 amide bonds. The number of aromatic nitrogens is 1. The van der Waals surface area contributed by atoms with E-state index in [2.05, 4.69) is 36.3 Å². The number of thiazole rings is 1. The van der Waals surface area contributed by atoms with Gasteiger partial charge in [0.1, 0.15) is 5.75 Å². The van der Waals surface area contributed by atoms with Crippen LogP contribution in [-0.2, 0) is 4.79 Å². The zero-order chi connectivity index (χ0) is 17.8. The minimum atomic E-state index is -0.0261. The van der Waals surface area contributed by atoms with E-state index in [1.165, 1.54) is 22.5 Å². The lowest BCUT2D eigenvalue weighted by Gasteiger charge is -2.08. The highest BCUT2D eigenvalue weighted by atomic mass is 32.1. The molecule has 130 valence electrons. The molecule has 0 saturated carbocycles. The molecule has 2 aromatic carbocycles. The van der Waals surface area contributed by atoms with Gasteiger partial charge in [0.2, 0.25) is 5.91 Å². The summed E-state index contributed by atoms with van der Waals surface area (Å²) in [5, 5.41) is 3.56. The first-order valence-corrected chi connectivity index (χ1v) is 9.21. The van der Waals surface area contributed by atoms with E-state index in [0.717, 1.165) is 21.5 Å². The minimum Gasteiger partial charge on any atom is -0.493 e. The first-order valence-electron chi connectivity index (χ1n) is 8.39. The maximum absolute atomic E-state index is 12.1. The molecule has 0 saturated heterocycles. The SMILES string of the molecule is Cc1ccccc1OCCCC(=O)Nc1nc2c(C)c(C)ccc2s1. The van der Waals surface area contributed by atoms with Crippen molar-refractivity contribution in [3.63, 3.8) is 0 Å². The van der Waals surface area contributed by atoms with Gasteiger partial charge in [0.25, 0.3) is 0 Å². The fraction of sp³-hybridized carbons (Fsp3) is 0.300. The van der Waals surface area contributed by atoms with Crippen molar-refractivity contribution in [1.29, 1.82) is 0 Å². The average Bonchev–Trinajstić information content (AvgIpc) is 3.00. The maximum atomic E-state index is 12.1. The number of nitrogens with one attached hydrogen (secondary N) is 1. The summed E-state index contributed by atoms with van der Waals surface area (Å²) >= 11 is 1.51. The van der Waals surface area contributed by atoms with Gasteiger partial charge in [-0.05, 0) is 56.0 Å². The van der Waals surface area contributed by atoms with E-state index in [0.29, 0.717) is 24.6 Å². The normalized spacial score (nSPS) is 10.8. The van der Waals surface area contributed by atoms with Crippen molar-refractivity contribution in [1.82, 2.24) is 4.98 Å². The van der Waals surface area contributed by atoms with Crippen molar-refractivity contribution in [2.24, 2.45) is 0 Å². The summed E-state index contributed by atoms with van der Waals surface area (Å²) in [6.07, 6.45) is 1.09. The van der Waals surface area contributed by atoms with Crippen LogP contribution in [0.1, 0.15) is 29.5 Å². The molecule has 0 fully saturated rings. The summed E-state index contributed by atoms with van der Waals surface area (Å²) in [6.45, 7) is 6.67. The summed E-state index contributed by atoms with van der Waals surface area (Å²) < 4.78 is 6.82. The van der Waals surface area contributed by atoms with Crippen LogP contribution in [0.25, 0.3) is 10.2 Å². The fourth-order valence-corrected chi connectivity index (χ4v) is 3.54. The summed E-state index contributed by atoms with van der Waals surface area (Å²) in [4.78, 5) is 16.7. The second-order valence-corrected chi connectivity index (χ2v) is 7.17. The molecule has 0 aliphatic carbocycles. The topological polar surface area (TPSA) is 51.2 Å². The van der Waals surface area contributed by atoms with E-state index < -0.39 is 0 Å². The van der Waals surface area contributed by atoms with E-state index in [-0.39, 0.29) is 5.91 Å². The van der Waals surface area contributed by atoms with Gasteiger partial charge in [-0.3, -0.25) is 4.79 Å². The Hall–Kier alpha value is -2.40. The Labute approximate surface area is 151 Å². The van der Waals surface area contributed by atoms with E-state index in [1.54, 1.807) is 0 Å². The molecule has 0 atom stereocenters. The first-order chi connectivity index (χ1) is 12.0. The van der Waals surface area contributed by atoms with Gasteiger partial charge in [-0.1, -0.05) is 35.6 Å². The molecule has 1 heterocycles. The fourth-order valence-electron chi connectivity index (χ4n) is 2.59. The lowest BCUT2D eigenvalue weighted by atomic mass is 10.1. The Balaban J connectivity index is 1.51. The van der Waals surface area contributed by atoms with E-state index in [1.807, 2.05) is 31.2 Å². The number of aryl methyl sites for hydroxylation is 3. The number of ether oxygens (including phenoxy) is 1. The van der Waals surface area contributed by atoms with Crippen molar-refractivity contribution in [2.75, 3.05) is 11.9 Å². The highest BCUT2D eigenvalue weighted by Gasteiger charge is 2.10. The van der Waals surface area contributed by atoms with E-state index in [9.17, 15) is 4.79 Å². The number of para-hydroxylation sites is 1. The molecular formula is C20H22N2O2S. The van der Waals surface area contributed by atoms with Crippen LogP contribution in [0.2, 0.25) is 0 Å². The third-order valence-corrected chi connectivity index (χ3v) is 5.17. The molecule has 0 radical (unpaired) electrons. The molecule has 1 aromatic heterocycles. The molecule has 0 aliphatic rings. The minimum absolute atomic E-state index is 0.0261. The van der Waals surface area contributed by atoms with Crippen LogP contribution in [-0.4, -0.2) is 17.5 Å². The highest BCUT2D eigenvalue weighted by molar-refractivity contribution is 7.22. The molecule has 5 heteroatoms. The van der Waals surface area contributed by atoms with Crippen molar-refractivity contribution in [3.8, 4) is 5.75 Å². The van der Waals surface area contributed by atoms with E-state index >= 15 is 0 Å². The molecule has 0 bridgehead atoms. The Morgan fingerprint density at radius 3 is 2.72 bits per heavy atom. The first kappa shape index (κ1) is 17.4. The molecule has 3 rings (SSSR count). The van der Waals surface area contributed by atoms with Crippen LogP contribution in [0.3, 0.4) is 0 Å². The van der Waals surface area contributed by atoms with Crippen LogP contribution >= 0.6 is 11.3 Å². The molecule has 0 aliphatic heterocycles. The zero-order valence-electron chi connectivity index (χ0n) is 14.8. The molecule has 1 N–H and O–H groups in total. The van der Waals surface area contributed by atoms with Gasteiger partial charge in [-0.2, -0.15) is 0 Å². The number of amides is 1. The number of fused-ring (bicyclic) bond motifs is 1. The largest absolute Gasteiger partial charge is 0.493 e. The maximum Gasteiger partial charge on any atom is 0.226 e. The summed E-state index contributed by atoms with van der Waals surface area (Å²) in [5.74, 6) is 0.849. The van der Waals surface area contributed by atoms with Gasteiger partial charge in [0, 0.05) is 6.42 Å². The number of carbonyl (C=O) groups is 1. The van der Waals surface area contributed by atoms with Crippen LogP contribution < -0.4 is 10.1 Å². The number of carbonyl (C=O) groups excluding carboxylic acids is 1. The number of hydrogen-bond acceptors (Lipinski definition) is 4. The van der Waals surface area contributed by atoms with Crippen molar-refractivity contribution in [3.05, 3.63) is 53.1 Å². The quantitative estimate of drug-likeness (QED) is 0.632. The Morgan fingerprint density at radius 1 is 1.12 bits per heavy atom. The average molecular weight is 354 g/mol. The van der Waals surface area contributed by atoms with Gasteiger partial charge in [0.05, 0.1) is 16.8 Å². The highest BCUT2D eigenvalue weighted by Crippen LogP contribution is 2.29. The third-order valence-electron chi connectivity index (χ3n) is 4.23. The van der Waals surface area contributed by atoms with Gasteiger partial charge < -0.3 is 10.1 Å². The monoisotopic (exact) mass is 354 g/mol. The van der Waals surface area contributed by atoms with Crippen molar-refractivity contribution < 1.29 is 9.53 Å². The molecular weight excluding hydrogens is 332 g/mol. The van der Waals surface area contributed by atoms with Crippen LogP contribution in [0.5, 0.6) is 5.75 Å². The van der Waals surface area contributed by atoms with Crippen molar-refractivity contribution in [2.45, 2.75) is 33.6 Å². The Kier molecular flexibility index (Phi) is 5.34. The second kappa shape index (κ2) is 7.66.